The van der Waals surface area contributed by atoms with Crippen LogP contribution >= 0.6 is 15.9 Å². The fourth-order valence-electron chi connectivity index (χ4n) is 1.74. The molecule has 1 heterocycles. The molecule has 2 rings (SSSR count). The Morgan fingerprint density at radius 1 is 1.32 bits per heavy atom. The molecule has 0 aliphatic carbocycles. The van der Waals surface area contributed by atoms with Gasteiger partial charge in [0.1, 0.15) is 18.2 Å². The molecular weight excluding hydrogens is 417 g/mol. The van der Waals surface area contributed by atoms with Gasteiger partial charge in [-0.2, -0.15) is 0 Å². The summed E-state index contributed by atoms with van der Waals surface area (Å²) in [4.78, 5) is 11.7. The number of ether oxygens (including phenoxy) is 1. The number of sulfonamides is 1. The average Bonchev–Trinajstić information content (AvgIpc) is 3.03. The van der Waals surface area contributed by atoms with Crippen LogP contribution in [0, 0.1) is 5.82 Å². The zero-order chi connectivity index (χ0) is 18.6. The van der Waals surface area contributed by atoms with E-state index < -0.39 is 21.8 Å². The molecule has 0 unspecified atom stereocenters. The van der Waals surface area contributed by atoms with Crippen molar-refractivity contribution in [2.75, 3.05) is 14.1 Å². The van der Waals surface area contributed by atoms with Crippen LogP contribution in [0.5, 0.6) is 0 Å². The standard InChI is InChI=1S/C16H15BrFNO5S/c1-19(2)25(21,22)16-8-5-13(24-16)10-23-15(20)7-3-11-9-12(17)4-6-14(11)18/h3-9H,10H2,1-2H3/b7-3+. The quantitative estimate of drug-likeness (QED) is 0.518. The minimum absolute atomic E-state index is 0.177. The molecule has 0 radical (unpaired) electrons. The minimum Gasteiger partial charge on any atom is -0.454 e. The van der Waals surface area contributed by atoms with E-state index in [-0.39, 0.29) is 23.0 Å². The molecule has 0 spiro atoms. The number of nitrogens with zero attached hydrogens (tertiary/aromatic N) is 1. The van der Waals surface area contributed by atoms with E-state index in [2.05, 4.69) is 15.9 Å². The maximum atomic E-state index is 13.6. The minimum atomic E-state index is -3.68. The second-order valence-corrected chi connectivity index (χ2v) is 8.11. The Morgan fingerprint density at radius 2 is 2.04 bits per heavy atom. The molecule has 0 N–H and O–H groups in total. The van der Waals surface area contributed by atoms with E-state index in [1.54, 1.807) is 6.07 Å². The molecule has 1 aromatic carbocycles. The van der Waals surface area contributed by atoms with Crippen LogP contribution in [0.3, 0.4) is 0 Å². The summed E-state index contributed by atoms with van der Waals surface area (Å²) in [5.41, 5.74) is 0.226. The lowest BCUT2D eigenvalue weighted by molar-refractivity contribution is -0.139. The monoisotopic (exact) mass is 431 g/mol. The smallest absolute Gasteiger partial charge is 0.331 e. The topological polar surface area (TPSA) is 76.8 Å². The first-order chi connectivity index (χ1) is 11.7. The number of carbonyl (C=O) groups excluding carboxylic acids is 1. The molecular formula is C16H15BrFNO5S. The second-order valence-electron chi connectivity index (χ2n) is 5.12. The molecule has 1 aromatic heterocycles. The molecule has 25 heavy (non-hydrogen) atoms. The summed E-state index contributed by atoms with van der Waals surface area (Å²) >= 11 is 3.21. The van der Waals surface area contributed by atoms with Crippen molar-refractivity contribution in [2.45, 2.75) is 11.7 Å². The lowest BCUT2D eigenvalue weighted by Crippen LogP contribution is -2.21. The van der Waals surface area contributed by atoms with Crippen molar-refractivity contribution in [2.24, 2.45) is 0 Å². The van der Waals surface area contributed by atoms with Crippen LogP contribution in [0.1, 0.15) is 11.3 Å². The number of hydrogen-bond acceptors (Lipinski definition) is 5. The highest BCUT2D eigenvalue weighted by Gasteiger charge is 2.21. The van der Waals surface area contributed by atoms with Crippen molar-refractivity contribution in [3.05, 3.63) is 58.0 Å². The van der Waals surface area contributed by atoms with Crippen LogP contribution in [0.2, 0.25) is 0 Å². The molecule has 0 saturated carbocycles. The maximum absolute atomic E-state index is 13.6. The highest BCUT2D eigenvalue weighted by Crippen LogP contribution is 2.18. The average molecular weight is 432 g/mol. The summed E-state index contributed by atoms with van der Waals surface area (Å²) in [6, 6.07) is 7.02. The van der Waals surface area contributed by atoms with Gasteiger partial charge in [-0.3, -0.25) is 0 Å². The molecule has 6 nitrogen and oxygen atoms in total. The number of esters is 1. The summed E-state index contributed by atoms with van der Waals surface area (Å²) < 4.78 is 49.1. The van der Waals surface area contributed by atoms with Crippen molar-refractivity contribution in [3.63, 3.8) is 0 Å². The maximum Gasteiger partial charge on any atom is 0.331 e. The zero-order valence-corrected chi connectivity index (χ0v) is 15.8. The lowest BCUT2D eigenvalue weighted by atomic mass is 10.2. The molecule has 0 atom stereocenters. The van der Waals surface area contributed by atoms with E-state index in [4.69, 9.17) is 9.15 Å². The van der Waals surface area contributed by atoms with Crippen LogP contribution in [-0.2, 0) is 26.2 Å². The van der Waals surface area contributed by atoms with E-state index >= 15 is 0 Å². The van der Waals surface area contributed by atoms with Crippen molar-refractivity contribution in [3.8, 4) is 0 Å². The summed E-state index contributed by atoms with van der Waals surface area (Å²) in [5.74, 6) is -1.01. The van der Waals surface area contributed by atoms with Gasteiger partial charge < -0.3 is 9.15 Å². The van der Waals surface area contributed by atoms with Crippen LogP contribution in [-0.4, -0.2) is 32.8 Å². The number of carbonyl (C=O) groups is 1. The molecule has 0 fully saturated rings. The molecule has 0 aliphatic rings. The molecule has 0 aliphatic heterocycles. The Morgan fingerprint density at radius 3 is 2.72 bits per heavy atom. The van der Waals surface area contributed by atoms with E-state index in [9.17, 15) is 17.6 Å². The SMILES string of the molecule is CN(C)S(=O)(=O)c1ccc(COC(=O)/C=C/c2cc(Br)ccc2F)o1. The van der Waals surface area contributed by atoms with Crippen molar-refractivity contribution >= 4 is 38.0 Å². The second kappa shape index (κ2) is 7.94. The summed E-state index contributed by atoms with van der Waals surface area (Å²) in [5, 5.41) is -0.240. The van der Waals surface area contributed by atoms with Crippen LogP contribution in [0.25, 0.3) is 6.08 Å². The van der Waals surface area contributed by atoms with Crippen molar-refractivity contribution < 1.29 is 26.8 Å². The predicted octanol–water partition coefficient (Wildman–Crippen LogP) is 3.19. The largest absolute Gasteiger partial charge is 0.454 e. The Bertz CT molecular complexity index is 905. The van der Waals surface area contributed by atoms with Gasteiger partial charge in [-0.05, 0) is 36.4 Å². The van der Waals surface area contributed by atoms with Gasteiger partial charge in [-0.1, -0.05) is 15.9 Å². The zero-order valence-electron chi connectivity index (χ0n) is 13.4. The van der Waals surface area contributed by atoms with Gasteiger partial charge in [0.05, 0.1) is 0 Å². The molecule has 0 bridgehead atoms. The van der Waals surface area contributed by atoms with Crippen molar-refractivity contribution in [1.29, 1.82) is 0 Å². The van der Waals surface area contributed by atoms with E-state index in [0.717, 1.165) is 10.4 Å². The first kappa shape index (κ1) is 19.4. The van der Waals surface area contributed by atoms with Gasteiger partial charge in [0, 0.05) is 30.2 Å². The van der Waals surface area contributed by atoms with Gasteiger partial charge in [-0.15, -0.1) is 0 Å². The van der Waals surface area contributed by atoms with Crippen LogP contribution in [0.4, 0.5) is 4.39 Å². The molecule has 0 saturated heterocycles. The highest BCUT2D eigenvalue weighted by atomic mass is 79.9. The Labute approximate surface area is 153 Å². The van der Waals surface area contributed by atoms with Gasteiger partial charge >= 0.3 is 5.97 Å². The normalized spacial score (nSPS) is 12.0. The third-order valence-corrected chi connectivity index (χ3v) is 5.27. The fourth-order valence-corrected chi connectivity index (χ4v) is 2.94. The number of benzene rings is 1. The Balaban J connectivity index is 1.98. The Kier molecular flexibility index (Phi) is 6.15. The summed E-state index contributed by atoms with van der Waals surface area (Å²) in [7, 11) is -0.927. The number of halogens is 2. The first-order valence-electron chi connectivity index (χ1n) is 7.01. The lowest BCUT2D eigenvalue weighted by Gasteiger charge is -2.07. The molecule has 9 heteroatoms. The summed E-state index contributed by atoms with van der Waals surface area (Å²) in [6.07, 6.45) is 2.36. The van der Waals surface area contributed by atoms with E-state index in [1.807, 2.05) is 0 Å². The number of hydrogen-bond donors (Lipinski definition) is 0. The Hall–Kier alpha value is -1.97. The van der Waals surface area contributed by atoms with E-state index in [0.29, 0.717) is 4.47 Å². The van der Waals surface area contributed by atoms with Crippen LogP contribution < -0.4 is 0 Å². The van der Waals surface area contributed by atoms with Gasteiger partial charge in [0.25, 0.3) is 10.0 Å². The third kappa shape index (κ3) is 5.00. The summed E-state index contributed by atoms with van der Waals surface area (Å²) in [6.45, 7) is -0.243. The third-order valence-electron chi connectivity index (χ3n) is 3.09. The molecule has 0 amide bonds. The molecule has 134 valence electrons. The van der Waals surface area contributed by atoms with Gasteiger partial charge in [0.15, 0.2) is 0 Å². The van der Waals surface area contributed by atoms with Crippen LogP contribution in [0.15, 0.2) is 50.4 Å². The number of furan rings is 1. The predicted molar refractivity (Wildman–Crippen MR) is 92.5 cm³/mol. The first-order valence-corrected chi connectivity index (χ1v) is 9.24. The van der Waals surface area contributed by atoms with Gasteiger partial charge in [0.2, 0.25) is 5.09 Å². The molecule has 2 aromatic rings. The number of rotatable bonds is 6. The van der Waals surface area contributed by atoms with Gasteiger partial charge in [-0.25, -0.2) is 21.9 Å². The highest BCUT2D eigenvalue weighted by molar-refractivity contribution is 9.10. The van der Waals surface area contributed by atoms with Crippen molar-refractivity contribution in [1.82, 2.24) is 4.31 Å². The van der Waals surface area contributed by atoms with E-state index in [1.165, 1.54) is 44.4 Å². The fraction of sp³-hybridized carbons (Fsp3) is 0.188.